The summed E-state index contributed by atoms with van der Waals surface area (Å²) in [5.41, 5.74) is 1.79. The maximum atomic E-state index is 11.0. The van der Waals surface area contributed by atoms with Crippen LogP contribution in [0.15, 0.2) is 24.3 Å². The van der Waals surface area contributed by atoms with Gasteiger partial charge in [0.2, 0.25) is 0 Å². The predicted molar refractivity (Wildman–Crippen MR) is 67.9 cm³/mol. The van der Waals surface area contributed by atoms with Crippen LogP contribution in [-0.4, -0.2) is 34.7 Å². The van der Waals surface area contributed by atoms with E-state index in [0.717, 1.165) is 11.3 Å². The predicted octanol–water partition coefficient (Wildman–Crippen LogP) is 1.75. The monoisotopic (exact) mass is 251 g/mol. The maximum absolute atomic E-state index is 11.0. The van der Waals surface area contributed by atoms with Gasteiger partial charge in [-0.15, -0.1) is 0 Å². The molecule has 0 aromatic heterocycles. The van der Waals surface area contributed by atoms with Crippen molar-refractivity contribution in [3.05, 3.63) is 29.8 Å². The van der Waals surface area contributed by atoms with Crippen molar-refractivity contribution in [3.8, 4) is 0 Å². The van der Waals surface area contributed by atoms with Crippen LogP contribution in [0.3, 0.4) is 0 Å². The van der Waals surface area contributed by atoms with Crippen molar-refractivity contribution in [2.45, 2.75) is 26.3 Å². The Labute approximate surface area is 106 Å². The Kier molecular flexibility index (Phi) is 4.71. The number of rotatable bonds is 6. The molecule has 0 saturated carbocycles. The Morgan fingerprint density at radius 3 is 2.22 bits per heavy atom. The van der Waals surface area contributed by atoms with E-state index in [4.69, 9.17) is 10.2 Å². The molecule has 18 heavy (non-hydrogen) atoms. The van der Waals surface area contributed by atoms with Gasteiger partial charge in [-0.2, -0.15) is 0 Å². The summed E-state index contributed by atoms with van der Waals surface area (Å²) < 4.78 is 0. The molecule has 0 saturated heterocycles. The summed E-state index contributed by atoms with van der Waals surface area (Å²) in [5.74, 6) is -1.91. The van der Waals surface area contributed by atoms with E-state index >= 15 is 0 Å². The fourth-order valence-corrected chi connectivity index (χ4v) is 1.63. The first-order chi connectivity index (χ1) is 8.41. The van der Waals surface area contributed by atoms with Crippen LogP contribution in [0, 0.1) is 6.92 Å². The first-order valence-corrected chi connectivity index (χ1v) is 5.69. The molecule has 0 bridgehead atoms. The van der Waals surface area contributed by atoms with Gasteiger partial charge < -0.3 is 15.1 Å². The molecule has 0 aliphatic rings. The van der Waals surface area contributed by atoms with E-state index in [0.29, 0.717) is 0 Å². The van der Waals surface area contributed by atoms with E-state index in [1.54, 1.807) is 24.0 Å². The van der Waals surface area contributed by atoms with Crippen molar-refractivity contribution in [1.29, 1.82) is 0 Å². The van der Waals surface area contributed by atoms with Crippen LogP contribution in [0.1, 0.15) is 18.9 Å². The van der Waals surface area contributed by atoms with Crippen LogP contribution in [0.2, 0.25) is 0 Å². The number of aryl methyl sites for hydroxylation is 1. The number of hydrogen-bond acceptors (Lipinski definition) is 3. The van der Waals surface area contributed by atoms with Crippen molar-refractivity contribution in [2.75, 3.05) is 11.4 Å². The number of hydrogen-bond donors (Lipinski definition) is 2. The Morgan fingerprint density at radius 2 is 1.78 bits per heavy atom. The van der Waals surface area contributed by atoms with Crippen LogP contribution in [0.4, 0.5) is 5.69 Å². The fraction of sp³-hybridized carbons (Fsp3) is 0.385. The molecule has 98 valence electrons. The van der Waals surface area contributed by atoms with Crippen molar-refractivity contribution >= 4 is 17.6 Å². The zero-order valence-electron chi connectivity index (χ0n) is 10.5. The highest BCUT2D eigenvalue weighted by Crippen LogP contribution is 2.18. The van der Waals surface area contributed by atoms with E-state index in [1.165, 1.54) is 0 Å². The van der Waals surface area contributed by atoms with Gasteiger partial charge in [-0.05, 0) is 26.0 Å². The van der Waals surface area contributed by atoms with Gasteiger partial charge in [0.05, 0.1) is 6.42 Å². The highest BCUT2D eigenvalue weighted by atomic mass is 16.4. The Bertz CT molecular complexity index is 427. The minimum absolute atomic E-state index is 0.0918. The molecule has 0 aliphatic carbocycles. The maximum Gasteiger partial charge on any atom is 0.326 e. The Morgan fingerprint density at radius 1 is 1.22 bits per heavy atom. The SMILES string of the molecule is Cc1ccc(N(CCC(=O)O)C(C)C(=O)O)cc1. The Hall–Kier alpha value is -2.04. The van der Waals surface area contributed by atoms with Gasteiger partial charge in [-0.25, -0.2) is 4.79 Å². The van der Waals surface area contributed by atoms with E-state index in [-0.39, 0.29) is 13.0 Å². The van der Waals surface area contributed by atoms with Gasteiger partial charge in [-0.1, -0.05) is 17.7 Å². The average molecular weight is 251 g/mol. The third-order valence-electron chi connectivity index (χ3n) is 2.76. The molecule has 1 aromatic rings. The quantitative estimate of drug-likeness (QED) is 0.805. The van der Waals surface area contributed by atoms with Crippen molar-refractivity contribution in [2.24, 2.45) is 0 Å². The number of aliphatic carboxylic acids is 2. The molecule has 1 unspecified atom stereocenters. The lowest BCUT2D eigenvalue weighted by Crippen LogP contribution is -2.40. The second kappa shape index (κ2) is 6.05. The number of carbonyl (C=O) groups is 2. The topological polar surface area (TPSA) is 77.8 Å². The summed E-state index contributed by atoms with van der Waals surface area (Å²) in [6.07, 6.45) is -0.0918. The standard InChI is InChI=1S/C13H17NO4/c1-9-3-5-11(6-4-9)14(8-7-12(15)16)10(2)13(17)18/h3-6,10H,7-8H2,1-2H3,(H,15,16)(H,17,18). The second-order valence-electron chi connectivity index (χ2n) is 4.19. The molecule has 0 spiro atoms. The second-order valence-corrected chi connectivity index (χ2v) is 4.19. The molecular formula is C13H17NO4. The van der Waals surface area contributed by atoms with E-state index in [1.807, 2.05) is 19.1 Å². The van der Waals surface area contributed by atoms with Crippen LogP contribution >= 0.6 is 0 Å². The van der Waals surface area contributed by atoms with Crippen molar-refractivity contribution < 1.29 is 19.8 Å². The summed E-state index contributed by atoms with van der Waals surface area (Å²) in [7, 11) is 0. The van der Waals surface area contributed by atoms with E-state index in [2.05, 4.69) is 0 Å². The van der Waals surface area contributed by atoms with Gasteiger partial charge in [0, 0.05) is 12.2 Å². The van der Waals surface area contributed by atoms with E-state index in [9.17, 15) is 9.59 Å². The molecular weight excluding hydrogens is 234 g/mol. The highest BCUT2D eigenvalue weighted by molar-refractivity contribution is 5.78. The van der Waals surface area contributed by atoms with E-state index < -0.39 is 18.0 Å². The zero-order chi connectivity index (χ0) is 13.7. The van der Waals surface area contributed by atoms with Gasteiger partial charge in [0.1, 0.15) is 6.04 Å². The highest BCUT2D eigenvalue weighted by Gasteiger charge is 2.21. The molecule has 2 N–H and O–H groups in total. The lowest BCUT2D eigenvalue weighted by molar-refractivity contribution is -0.139. The third-order valence-corrected chi connectivity index (χ3v) is 2.76. The number of carboxylic acid groups (broad SMARTS) is 2. The summed E-state index contributed by atoms with van der Waals surface area (Å²) in [6, 6.07) is 6.59. The fourth-order valence-electron chi connectivity index (χ4n) is 1.63. The molecule has 0 amide bonds. The minimum Gasteiger partial charge on any atom is -0.481 e. The first kappa shape index (κ1) is 14.0. The molecule has 1 aromatic carbocycles. The van der Waals surface area contributed by atoms with Crippen LogP contribution in [0.5, 0.6) is 0 Å². The molecule has 0 heterocycles. The summed E-state index contributed by atoms with van der Waals surface area (Å²) in [5, 5.41) is 17.7. The van der Waals surface area contributed by atoms with Gasteiger partial charge in [-0.3, -0.25) is 4.79 Å². The largest absolute Gasteiger partial charge is 0.481 e. The molecule has 5 nitrogen and oxygen atoms in total. The van der Waals surface area contributed by atoms with Crippen molar-refractivity contribution in [3.63, 3.8) is 0 Å². The molecule has 0 aliphatic heterocycles. The molecule has 1 rings (SSSR count). The van der Waals surface area contributed by atoms with Crippen LogP contribution in [0.25, 0.3) is 0 Å². The molecule has 0 radical (unpaired) electrons. The smallest absolute Gasteiger partial charge is 0.326 e. The molecule has 0 fully saturated rings. The number of nitrogens with zero attached hydrogens (tertiary/aromatic N) is 1. The van der Waals surface area contributed by atoms with Gasteiger partial charge >= 0.3 is 11.9 Å². The van der Waals surface area contributed by atoms with Gasteiger partial charge in [0.15, 0.2) is 0 Å². The molecule has 1 atom stereocenters. The van der Waals surface area contributed by atoms with Crippen LogP contribution in [-0.2, 0) is 9.59 Å². The third kappa shape index (κ3) is 3.76. The summed E-state index contributed by atoms with van der Waals surface area (Å²) in [6.45, 7) is 3.65. The van der Waals surface area contributed by atoms with Crippen LogP contribution < -0.4 is 4.90 Å². The number of benzene rings is 1. The zero-order valence-corrected chi connectivity index (χ0v) is 10.5. The lowest BCUT2D eigenvalue weighted by atomic mass is 10.1. The Balaban J connectivity index is 2.92. The average Bonchev–Trinajstić information content (AvgIpc) is 2.30. The number of carboxylic acids is 2. The number of anilines is 1. The minimum atomic E-state index is -0.971. The van der Waals surface area contributed by atoms with Crippen molar-refractivity contribution in [1.82, 2.24) is 0 Å². The molecule has 5 heteroatoms. The summed E-state index contributed by atoms with van der Waals surface area (Å²) in [4.78, 5) is 23.2. The lowest BCUT2D eigenvalue weighted by Gasteiger charge is -2.28. The normalized spacial score (nSPS) is 11.9. The first-order valence-electron chi connectivity index (χ1n) is 5.69. The summed E-state index contributed by atoms with van der Waals surface area (Å²) >= 11 is 0. The van der Waals surface area contributed by atoms with Gasteiger partial charge in [0.25, 0.3) is 0 Å².